The zero-order valence-electron chi connectivity index (χ0n) is 22.3. The van der Waals surface area contributed by atoms with Gasteiger partial charge in [-0.15, -0.1) is 0 Å². The first-order valence-corrected chi connectivity index (χ1v) is 15.7. The molecule has 0 aliphatic carbocycles. The molecule has 0 unspecified atom stereocenters. The molecule has 0 aromatic rings. The van der Waals surface area contributed by atoms with Crippen molar-refractivity contribution in [2.75, 3.05) is 59.0 Å². The Morgan fingerprint density at radius 2 is 1.29 bits per heavy atom. The van der Waals surface area contributed by atoms with Crippen LogP contribution in [-0.2, 0) is 8.85 Å². The van der Waals surface area contributed by atoms with Crippen molar-refractivity contribution in [2.45, 2.75) is 105 Å². The molecular formula is C25H57N3O2Si. The summed E-state index contributed by atoms with van der Waals surface area (Å²) in [6.45, 7) is 25.4. The van der Waals surface area contributed by atoms with E-state index in [-0.39, 0.29) is 0 Å². The highest BCUT2D eigenvalue weighted by molar-refractivity contribution is 6.67. The third-order valence-corrected chi connectivity index (χ3v) is 10.2. The van der Waals surface area contributed by atoms with E-state index in [1.165, 1.54) is 77.8 Å². The lowest BCUT2D eigenvalue weighted by molar-refractivity contribution is 0.179. The van der Waals surface area contributed by atoms with Gasteiger partial charge in [0.25, 0.3) is 0 Å². The predicted molar refractivity (Wildman–Crippen MR) is 139 cm³/mol. The summed E-state index contributed by atoms with van der Waals surface area (Å²) >= 11 is 0. The van der Waals surface area contributed by atoms with Crippen LogP contribution in [0.1, 0.15) is 87.0 Å². The SMILES string of the molecule is CCCN(CC)CCCN(CCCNC(CC)CC)CCC[Si](CC)(OCC)OCC. The Balaban J connectivity index is 4.65. The van der Waals surface area contributed by atoms with Gasteiger partial charge in [-0.25, -0.2) is 0 Å². The summed E-state index contributed by atoms with van der Waals surface area (Å²) in [5.41, 5.74) is 0. The molecule has 6 heteroatoms. The molecule has 0 spiro atoms. The van der Waals surface area contributed by atoms with E-state index in [2.05, 4.69) is 63.6 Å². The van der Waals surface area contributed by atoms with Gasteiger partial charge in [-0.3, -0.25) is 0 Å². The van der Waals surface area contributed by atoms with Crippen LogP contribution in [0, 0.1) is 0 Å². The van der Waals surface area contributed by atoms with Crippen LogP contribution < -0.4 is 5.32 Å². The second kappa shape index (κ2) is 20.6. The van der Waals surface area contributed by atoms with E-state index in [1.807, 2.05) is 0 Å². The molecule has 0 aromatic heterocycles. The highest BCUT2D eigenvalue weighted by atomic mass is 28.4. The molecule has 0 saturated carbocycles. The summed E-state index contributed by atoms with van der Waals surface area (Å²) < 4.78 is 12.4. The molecule has 0 heterocycles. The molecule has 31 heavy (non-hydrogen) atoms. The van der Waals surface area contributed by atoms with Gasteiger partial charge in [0.2, 0.25) is 0 Å². The fourth-order valence-electron chi connectivity index (χ4n) is 4.45. The molecule has 5 nitrogen and oxygen atoms in total. The first-order chi connectivity index (χ1) is 15.0. The van der Waals surface area contributed by atoms with Crippen molar-refractivity contribution >= 4 is 8.56 Å². The first-order valence-electron chi connectivity index (χ1n) is 13.5. The van der Waals surface area contributed by atoms with Crippen molar-refractivity contribution in [3.8, 4) is 0 Å². The minimum Gasteiger partial charge on any atom is -0.394 e. The van der Waals surface area contributed by atoms with E-state index in [9.17, 15) is 0 Å². The highest BCUT2D eigenvalue weighted by Crippen LogP contribution is 2.21. The van der Waals surface area contributed by atoms with Gasteiger partial charge >= 0.3 is 8.56 Å². The van der Waals surface area contributed by atoms with Crippen LogP contribution in [0.5, 0.6) is 0 Å². The highest BCUT2D eigenvalue weighted by Gasteiger charge is 2.34. The van der Waals surface area contributed by atoms with Crippen LogP contribution >= 0.6 is 0 Å². The lowest BCUT2D eigenvalue weighted by Gasteiger charge is -2.30. The molecule has 0 atom stereocenters. The zero-order valence-corrected chi connectivity index (χ0v) is 23.3. The van der Waals surface area contributed by atoms with E-state index >= 15 is 0 Å². The molecule has 188 valence electrons. The molecule has 0 aliphatic rings. The van der Waals surface area contributed by atoms with E-state index in [0.717, 1.165) is 31.8 Å². The molecule has 0 bridgehead atoms. The summed E-state index contributed by atoms with van der Waals surface area (Å²) in [4.78, 5) is 5.28. The standard InChI is InChI=1S/C25H57N3O2Si/c1-8-19-27(11-4)21-16-22-28(20-15-18-26-25(9-2)10-3)23-17-24-31(14-7,29-12-5)30-13-6/h25-26H,8-24H2,1-7H3. The summed E-state index contributed by atoms with van der Waals surface area (Å²) in [5.74, 6) is 0. The van der Waals surface area contributed by atoms with Crippen molar-refractivity contribution < 1.29 is 8.85 Å². The normalized spacial score (nSPS) is 12.6. The molecule has 1 N–H and O–H groups in total. The predicted octanol–water partition coefficient (Wildman–Crippen LogP) is 5.50. The van der Waals surface area contributed by atoms with Gasteiger partial charge in [-0.1, -0.05) is 34.6 Å². The van der Waals surface area contributed by atoms with Gasteiger partial charge in [-0.2, -0.15) is 0 Å². The maximum atomic E-state index is 6.19. The number of nitrogens with zero attached hydrogens (tertiary/aromatic N) is 2. The number of hydrogen-bond acceptors (Lipinski definition) is 5. The van der Waals surface area contributed by atoms with Crippen LogP contribution in [0.15, 0.2) is 0 Å². The maximum Gasteiger partial charge on any atom is 0.337 e. The molecule has 0 amide bonds. The van der Waals surface area contributed by atoms with Gasteiger partial charge in [0.05, 0.1) is 0 Å². The molecular weight excluding hydrogens is 402 g/mol. The van der Waals surface area contributed by atoms with Gasteiger partial charge < -0.3 is 24.0 Å². The Morgan fingerprint density at radius 1 is 0.710 bits per heavy atom. The van der Waals surface area contributed by atoms with E-state index in [0.29, 0.717) is 6.04 Å². The Kier molecular flexibility index (Phi) is 20.6. The zero-order chi connectivity index (χ0) is 23.4. The van der Waals surface area contributed by atoms with E-state index in [4.69, 9.17) is 8.85 Å². The second-order valence-electron chi connectivity index (χ2n) is 8.68. The van der Waals surface area contributed by atoms with Crippen molar-refractivity contribution in [1.29, 1.82) is 0 Å². The second-order valence-corrected chi connectivity index (χ2v) is 12.3. The molecule has 0 fully saturated rings. The van der Waals surface area contributed by atoms with E-state index < -0.39 is 8.56 Å². The maximum absolute atomic E-state index is 6.19. The first kappa shape index (κ1) is 31.0. The van der Waals surface area contributed by atoms with Gasteiger partial charge in [0, 0.05) is 19.3 Å². The molecule has 0 aromatic carbocycles. The smallest absolute Gasteiger partial charge is 0.337 e. The quantitative estimate of drug-likeness (QED) is 0.161. The lowest BCUT2D eigenvalue weighted by Crippen LogP contribution is -2.42. The van der Waals surface area contributed by atoms with Crippen molar-refractivity contribution in [1.82, 2.24) is 15.1 Å². The number of nitrogens with one attached hydrogen (secondary N) is 1. The topological polar surface area (TPSA) is 37.0 Å². The Hall–Kier alpha value is 0.0169. The lowest BCUT2D eigenvalue weighted by atomic mass is 10.1. The average molecular weight is 460 g/mol. The molecule has 0 saturated heterocycles. The number of rotatable bonds is 23. The van der Waals surface area contributed by atoms with Crippen molar-refractivity contribution in [3.05, 3.63) is 0 Å². The summed E-state index contributed by atoms with van der Waals surface area (Å²) in [6, 6.07) is 2.84. The third kappa shape index (κ3) is 14.7. The Morgan fingerprint density at radius 3 is 1.81 bits per heavy atom. The summed E-state index contributed by atoms with van der Waals surface area (Å²) in [6.07, 6.45) is 7.38. The molecule has 0 radical (unpaired) electrons. The van der Waals surface area contributed by atoms with Crippen LogP contribution in [0.2, 0.25) is 12.1 Å². The minimum absolute atomic E-state index is 0.675. The van der Waals surface area contributed by atoms with Crippen LogP contribution in [-0.4, -0.2) is 83.4 Å². The van der Waals surface area contributed by atoms with Crippen molar-refractivity contribution in [2.24, 2.45) is 0 Å². The fraction of sp³-hybridized carbons (Fsp3) is 1.00. The minimum atomic E-state index is -2.01. The van der Waals surface area contributed by atoms with Crippen LogP contribution in [0.4, 0.5) is 0 Å². The summed E-state index contributed by atoms with van der Waals surface area (Å²) in [7, 11) is -2.01. The Labute approximate surface area is 196 Å². The number of hydrogen-bond donors (Lipinski definition) is 1. The van der Waals surface area contributed by atoms with Gasteiger partial charge in [0.1, 0.15) is 0 Å². The molecule has 0 rings (SSSR count). The monoisotopic (exact) mass is 459 g/mol. The average Bonchev–Trinajstić information content (AvgIpc) is 2.78. The summed E-state index contributed by atoms with van der Waals surface area (Å²) in [5, 5.41) is 3.73. The third-order valence-electron chi connectivity index (χ3n) is 6.39. The largest absolute Gasteiger partial charge is 0.394 e. The Bertz CT molecular complexity index is 378. The molecule has 0 aliphatic heterocycles. The van der Waals surface area contributed by atoms with Gasteiger partial charge in [-0.05, 0) is 110 Å². The van der Waals surface area contributed by atoms with Crippen LogP contribution in [0.25, 0.3) is 0 Å². The van der Waals surface area contributed by atoms with Crippen molar-refractivity contribution in [3.63, 3.8) is 0 Å². The fourth-order valence-corrected chi connectivity index (χ4v) is 7.33. The van der Waals surface area contributed by atoms with E-state index in [1.54, 1.807) is 0 Å². The van der Waals surface area contributed by atoms with Crippen LogP contribution in [0.3, 0.4) is 0 Å². The van der Waals surface area contributed by atoms with Gasteiger partial charge in [0.15, 0.2) is 0 Å².